The number of carbonyl (C=O) groups excluding carboxylic acids is 2. The topological polar surface area (TPSA) is 75.0 Å². The minimum atomic E-state index is -0.382. The molecule has 0 saturated heterocycles. The minimum absolute atomic E-state index is 0.188. The van der Waals surface area contributed by atoms with Gasteiger partial charge in [0, 0.05) is 11.6 Å². The van der Waals surface area contributed by atoms with E-state index in [-0.39, 0.29) is 17.5 Å². The minimum Gasteiger partial charge on any atom is -0.488 e. The van der Waals surface area contributed by atoms with Crippen LogP contribution in [0.4, 0.5) is 0 Å². The van der Waals surface area contributed by atoms with Crippen molar-refractivity contribution in [3.05, 3.63) is 88.1 Å². The Hall–Kier alpha value is -3.80. The summed E-state index contributed by atoms with van der Waals surface area (Å²) in [4.78, 5) is 24.2. The number of fused-ring (bicyclic) bond motifs is 1. The fourth-order valence-electron chi connectivity index (χ4n) is 3.20. The molecule has 6 nitrogen and oxygen atoms in total. The van der Waals surface area contributed by atoms with Crippen LogP contribution in [0.2, 0.25) is 0 Å². The molecule has 0 N–H and O–H groups in total. The van der Waals surface area contributed by atoms with E-state index in [9.17, 15) is 9.59 Å². The summed E-state index contributed by atoms with van der Waals surface area (Å²) in [7, 11) is 1.35. The van der Waals surface area contributed by atoms with Crippen molar-refractivity contribution in [1.29, 1.82) is 0 Å². The average molecular weight is 404 g/mol. The van der Waals surface area contributed by atoms with Crippen LogP contribution >= 0.6 is 0 Å². The number of rotatable bonds is 5. The molecular formula is C24H20O6. The van der Waals surface area contributed by atoms with Crippen molar-refractivity contribution in [3.63, 3.8) is 0 Å². The third-order valence-corrected chi connectivity index (χ3v) is 4.84. The maximum absolute atomic E-state index is 12.6. The zero-order valence-electron chi connectivity index (χ0n) is 16.9. The molecule has 3 aromatic rings. The van der Waals surface area contributed by atoms with Crippen LogP contribution in [-0.4, -0.2) is 18.9 Å². The predicted molar refractivity (Wildman–Crippen MR) is 110 cm³/mol. The highest BCUT2D eigenvalue weighted by molar-refractivity contribution is 6.14. The van der Waals surface area contributed by atoms with Gasteiger partial charge in [-0.15, -0.1) is 0 Å². The second-order valence-corrected chi connectivity index (χ2v) is 6.93. The van der Waals surface area contributed by atoms with Gasteiger partial charge in [-0.3, -0.25) is 4.79 Å². The summed E-state index contributed by atoms with van der Waals surface area (Å²) in [6, 6.07) is 14.1. The Balaban J connectivity index is 1.50. The lowest BCUT2D eigenvalue weighted by Crippen LogP contribution is -2.02. The van der Waals surface area contributed by atoms with Crippen LogP contribution in [0, 0.1) is 13.8 Å². The van der Waals surface area contributed by atoms with Gasteiger partial charge in [-0.25, -0.2) is 4.79 Å². The molecule has 152 valence electrons. The van der Waals surface area contributed by atoms with E-state index in [1.807, 2.05) is 19.9 Å². The van der Waals surface area contributed by atoms with Gasteiger partial charge >= 0.3 is 5.97 Å². The van der Waals surface area contributed by atoms with Gasteiger partial charge in [-0.2, -0.15) is 0 Å². The van der Waals surface area contributed by atoms with Crippen LogP contribution in [0.1, 0.15) is 43.4 Å². The molecule has 0 radical (unpaired) electrons. The lowest BCUT2D eigenvalue weighted by atomic mass is 10.1. The fourth-order valence-corrected chi connectivity index (χ4v) is 3.20. The standard InChI is InChI=1S/C24H20O6/c1-14-4-9-18(29-14)12-21-22(25)19-10-11-20(15(2)23(19)30-21)28-13-16-5-7-17(8-6-16)24(26)27-3/h4-12H,13H2,1-3H3/b21-12-. The Bertz CT molecular complexity index is 1150. The molecule has 0 spiro atoms. The summed E-state index contributed by atoms with van der Waals surface area (Å²) in [5, 5.41) is 0. The highest BCUT2D eigenvalue weighted by Crippen LogP contribution is 2.39. The number of hydrogen-bond donors (Lipinski definition) is 0. The SMILES string of the molecule is COC(=O)c1ccc(COc2ccc3c(c2C)O/C(=C\c2ccc(C)o2)C3=O)cc1. The third-order valence-electron chi connectivity index (χ3n) is 4.84. The summed E-state index contributed by atoms with van der Waals surface area (Å²) < 4.78 is 22.0. The molecule has 0 atom stereocenters. The smallest absolute Gasteiger partial charge is 0.337 e. The number of methoxy groups -OCH3 is 1. The van der Waals surface area contributed by atoms with E-state index < -0.39 is 0 Å². The van der Waals surface area contributed by atoms with Gasteiger partial charge in [0.05, 0.1) is 18.2 Å². The van der Waals surface area contributed by atoms with Crippen LogP contribution < -0.4 is 9.47 Å². The number of allylic oxidation sites excluding steroid dienone is 1. The maximum Gasteiger partial charge on any atom is 0.337 e. The predicted octanol–water partition coefficient (Wildman–Crippen LogP) is 4.88. The molecule has 1 aliphatic rings. The van der Waals surface area contributed by atoms with Crippen molar-refractivity contribution < 1.29 is 28.2 Å². The second kappa shape index (κ2) is 7.91. The molecule has 4 rings (SSSR count). The highest BCUT2D eigenvalue weighted by Gasteiger charge is 2.30. The first-order chi connectivity index (χ1) is 14.5. The first-order valence-electron chi connectivity index (χ1n) is 9.40. The number of ketones is 1. The van der Waals surface area contributed by atoms with Crippen molar-refractivity contribution in [2.45, 2.75) is 20.5 Å². The highest BCUT2D eigenvalue weighted by atomic mass is 16.5. The van der Waals surface area contributed by atoms with Crippen molar-refractivity contribution in [1.82, 2.24) is 0 Å². The van der Waals surface area contributed by atoms with Gasteiger partial charge in [-0.05, 0) is 55.8 Å². The first-order valence-corrected chi connectivity index (χ1v) is 9.40. The van der Waals surface area contributed by atoms with Crippen LogP contribution in [0.5, 0.6) is 11.5 Å². The molecule has 2 aromatic carbocycles. The Morgan fingerprint density at radius 1 is 1.03 bits per heavy atom. The average Bonchev–Trinajstić information content (AvgIpc) is 3.31. The second-order valence-electron chi connectivity index (χ2n) is 6.93. The summed E-state index contributed by atoms with van der Waals surface area (Å²) in [5.74, 6) is 2.09. The monoisotopic (exact) mass is 404 g/mol. The number of esters is 1. The van der Waals surface area contributed by atoms with Gasteiger partial charge in [0.15, 0.2) is 5.76 Å². The molecule has 0 fully saturated rings. The summed E-state index contributed by atoms with van der Waals surface area (Å²) in [6.45, 7) is 4.00. The number of aryl methyl sites for hydroxylation is 1. The van der Waals surface area contributed by atoms with E-state index >= 15 is 0 Å². The third kappa shape index (κ3) is 3.72. The lowest BCUT2D eigenvalue weighted by molar-refractivity contribution is 0.0600. The van der Waals surface area contributed by atoms with Gasteiger partial charge in [-0.1, -0.05) is 12.1 Å². The number of furan rings is 1. The summed E-state index contributed by atoms with van der Waals surface area (Å²) in [5.41, 5.74) is 2.61. The fraction of sp³-hybridized carbons (Fsp3) is 0.167. The molecule has 0 aliphatic carbocycles. The molecule has 0 bridgehead atoms. The largest absolute Gasteiger partial charge is 0.488 e. The Kier molecular flexibility index (Phi) is 5.14. The van der Waals surface area contributed by atoms with E-state index in [0.717, 1.165) is 16.9 Å². The zero-order valence-corrected chi connectivity index (χ0v) is 16.9. The Morgan fingerprint density at radius 2 is 1.80 bits per heavy atom. The molecule has 0 unspecified atom stereocenters. The van der Waals surface area contributed by atoms with Crippen LogP contribution in [0.3, 0.4) is 0 Å². The van der Waals surface area contributed by atoms with Crippen molar-refractivity contribution >= 4 is 17.8 Å². The van der Waals surface area contributed by atoms with E-state index in [4.69, 9.17) is 18.6 Å². The van der Waals surface area contributed by atoms with Gasteiger partial charge < -0.3 is 18.6 Å². The molecule has 0 saturated carbocycles. The van der Waals surface area contributed by atoms with Gasteiger partial charge in [0.1, 0.15) is 29.6 Å². The number of benzene rings is 2. The van der Waals surface area contributed by atoms with Crippen LogP contribution in [0.25, 0.3) is 6.08 Å². The molecule has 30 heavy (non-hydrogen) atoms. The van der Waals surface area contributed by atoms with Crippen LogP contribution in [0.15, 0.2) is 58.7 Å². The van der Waals surface area contributed by atoms with Crippen LogP contribution in [-0.2, 0) is 11.3 Å². The van der Waals surface area contributed by atoms with E-state index in [2.05, 4.69) is 0 Å². The lowest BCUT2D eigenvalue weighted by Gasteiger charge is -2.11. The summed E-state index contributed by atoms with van der Waals surface area (Å²) in [6.07, 6.45) is 1.60. The number of Topliss-reactive ketones (excluding diaryl/α,β-unsaturated/α-hetero) is 1. The number of carbonyl (C=O) groups is 2. The van der Waals surface area contributed by atoms with Crippen molar-refractivity contribution in [2.24, 2.45) is 0 Å². The first kappa shape index (κ1) is 19.5. The Morgan fingerprint density at radius 3 is 2.47 bits per heavy atom. The number of hydrogen-bond acceptors (Lipinski definition) is 6. The quantitative estimate of drug-likeness (QED) is 0.446. The molecule has 6 heteroatoms. The van der Waals surface area contributed by atoms with Gasteiger partial charge in [0.25, 0.3) is 0 Å². The number of ether oxygens (including phenoxy) is 3. The molecular weight excluding hydrogens is 384 g/mol. The molecule has 1 aromatic heterocycles. The zero-order chi connectivity index (χ0) is 21.3. The Labute approximate surface area is 173 Å². The normalized spacial score (nSPS) is 13.8. The molecule has 0 amide bonds. The molecule has 2 heterocycles. The summed E-state index contributed by atoms with van der Waals surface area (Å²) >= 11 is 0. The van der Waals surface area contributed by atoms with Crippen molar-refractivity contribution in [2.75, 3.05) is 7.11 Å². The molecule has 1 aliphatic heterocycles. The van der Waals surface area contributed by atoms with E-state index in [1.54, 1.807) is 48.5 Å². The van der Waals surface area contributed by atoms with Gasteiger partial charge in [0.2, 0.25) is 5.78 Å². The maximum atomic E-state index is 12.6. The van der Waals surface area contributed by atoms with E-state index in [0.29, 0.717) is 35.0 Å². The van der Waals surface area contributed by atoms with E-state index in [1.165, 1.54) is 7.11 Å². The van der Waals surface area contributed by atoms with Crippen molar-refractivity contribution in [3.8, 4) is 11.5 Å².